The molecule has 18 rings (SSSR count). The summed E-state index contributed by atoms with van der Waals surface area (Å²) in [6.07, 6.45) is -2.15. The number of rotatable bonds is 18. The summed E-state index contributed by atoms with van der Waals surface area (Å²) in [4.78, 5) is 68.7. The molecule has 4 aliphatic heterocycles. The van der Waals surface area contributed by atoms with E-state index in [2.05, 4.69) is 49.9 Å². The van der Waals surface area contributed by atoms with Crippen LogP contribution in [0.25, 0.3) is 64.6 Å². The molecule has 11 N–H and O–H groups in total. The van der Waals surface area contributed by atoms with Crippen LogP contribution in [0, 0.1) is 0 Å². The van der Waals surface area contributed by atoms with Crippen LogP contribution in [0.5, 0.6) is 0 Å². The summed E-state index contributed by atoms with van der Waals surface area (Å²) in [5.41, 5.74) is 2.07. The Morgan fingerprint density at radius 3 is 0.922 bits per heavy atom. The van der Waals surface area contributed by atoms with Crippen molar-refractivity contribution in [2.45, 2.75) is 81.7 Å². The minimum Gasteiger partial charge on any atom is -0.744 e. The number of carboxylic acid groups (broad SMARTS) is 2. The third-order valence-corrected chi connectivity index (χ3v) is 30.3. The third kappa shape index (κ3) is 15.6. The number of hydrogen-bond donors (Lipinski definition) is 11. The van der Waals surface area contributed by atoms with E-state index in [-0.39, 0.29) is 134 Å². The quantitative estimate of drug-likeness (QED) is 0.0218. The second-order valence-electron chi connectivity index (χ2n) is 28.8. The molecule has 0 aliphatic carbocycles. The van der Waals surface area contributed by atoms with Gasteiger partial charge in [-0.2, -0.15) is 59.3 Å². The van der Waals surface area contributed by atoms with Crippen molar-refractivity contribution in [3.63, 3.8) is 0 Å². The number of benzene rings is 8. The van der Waals surface area contributed by atoms with Crippen molar-refractivity contribution in [3.05, 3.63) is 202 Å². The Balaban J connectivity index is 0.000000188. The summed E-state index contributed by atoms with van der Waals surface area (Å²) >= 11 is 0. The van der Waals surface area contributed by atoms with Crippen LogP contribution in [-0.2, 0) is 81.1 Å². The van der Waals surface area contributed by atoms with Crippen molar-refractivity contribution in [2.24, 2.45) is 39.9 Å². The minimum absolute atomic E-state index is 0. The molecular weight excluding hydrogens is 1860 g/mol. The number of hydrogen-bond acceptors (Lipinski definition) is 29. The molecule has 44 nitrogen and oxygen atoms in total. The number of aromatic nitrogens is 6. The smallest absolute Gasteiger partial charge is 0.744 e. The molecule has 53 heteroatoms. The van der Waals surface area contributed by atoms with Gasteiger partial charge in [-0.1, -0.05) is 185 Å². The van der Waals surface area contributed by atoms with Crippen molar-refractivity contribution in [1.82, 2.24) is 38.5 Å². The molecule has 0 saturated heterocycles. The van der Waals surface area contributed by atoms with Crippen LogP contribution in [0.3, 0.4) is 0 Å². The average Bonchev–Trinajstić information content (AvgIpc) is 1.58. The first-order valence-corrected chi connectivity index (χ1v) is 48.9. The number of unbranched alkanes of at least 4 members (excludes halogenated alkanes) is 4. The van der Waals surface area contributed by atoms with Crippen LogP contribution < -0.4 is 30.6 Å². The second-order valence-corrected chi connectivity index (χ2v) is 40.3. The molecule has 2 amide bonds. The maximum absolute atomic E-state index is 15.3. The van der Waals surface area contributed by atoms with Crippen molar-refractivity contribution in [3.8, 4) is 0 Å². The number of aliphatic imine (C=N–C) groups is 4. The van der Waals surface area contributed by atoms with Crippen LogP contribution in [0.15, 0.2) is 227 Å². The number of nitrogens with one attached hydrogen (secondary N) is 6. The molecule has 4 aliphatic rings. The van der Waals surface area contributed by atoms with E-state index >= 15 is 16.8 Å². The SMILES string of the molecule is CCCCCN(C(=O)O)S(=O)(=O)N1c2[nH]c(c3ccccc23)/N=c2\[nH]c(c3ccccc23)=NC2=NC(=Nc3[nH]c1c1cc(S(=O)(=O)O)c(S(=O)(=O)O)c(S(=O)(=O)[O-])c31)c1ccccc12.CCCCCN(C(=O)O)S(=O)(=O)N1c2[nH]c(c3ccccc23)/N=c2\[nH]c(c3ccccc23)=NC2=NC(=Nc3[nH]c1c1cc(S(=O)(=O)O)c(S(=O)(=O)[O-])c(S(=O)(=O)[O-])c31)c1ccccc12.[Al+3]. The second kappa shape index (κ2) is 32.3. The minimum atomic E-state index is -6.34. The van der Waals surface area contributed by atoms with Gasteiger partial charge in [0.05, 0.1) is 14.7 Å². The van der Waals surface area contributed by atoms with E-state index in [0.29, 0.717) is 73.0 Å². The summed E-state index contributed by atoms with van der Waals surface area (Å²) in [6, 6.07) is 39.4. The van der Waals surface area contributed by atoms with Crippen LogP contribution in [-0.4, -0.2) is 209 Å². The largest absolute Gasteiger partial charge is 3.00 e. The van der Waals surface area contributed by atoms with Crippen molar-refractivity contribution >= 4 is 245 Å². The molecule has 0 fully saturated rings. The molecular formula is C76H59AlN18O26S8. The number of amides is 2. The Morgan fingerprint density at radius 1 is 0.333 bits per heavy atom. The first-order chi connectivity index (χ1) is 60.4. The Kier molecular flexibility index (Phi) is 22.4. The summed E-state index contributed by atoms with van der Waals surface area (Å²) in [5.74, 6) is -5.20. The molecule has 0 spiro atoms. The van der Waals surface area contributed by atoms with Gasteiger partial charge in [0, 0.05) is 100.0 Å². The van der Waals surface area contributed by atoms with Gasteiger partial charge >= 0.3 is 50.0 Å². The topological polar surface area (TPSA) is 684 Å². The number of nitrogens with zero attached hydrogens (tertiary/aromatic N) is 12. The van der Waals surface area contributed by atoms with Crippen LogP contribution in [0.2, 0.25) is 0 Å². The molecule has 16 bridgehead atoms. The summed E-state index contributed by atoms with van der Waals surface area (Å²) in [5, 5.41) is 19.6. The number of anilines is 4. The van der Waals surface area contributed by atoms with E-state index in [0.717, 1.165) is 0 Å². The maximum Gasteiger partial charge on any atom is 3.00 e. The van der Waals surface area contributed by atoms with E-state index in [9.17, 15) is 97.6 Å². The molecule has 0 atom stereocenters. The van der Waals surface area contributed by atoms with Gasteiger partial charge < -0.3 is 53.8 Å². The van der Waals surface area contributed by atoms with Gasteiger partial charge in [0.1, 0.15) is 114 Å². The first kappa shape index (κ1) is 89.3. The van der Waals surface area contributed by atoms with Gasteiger partial charge in [-0.15, -0.1) is 0 Å². The van der Waals surface area contributed by atoms with Gasteiger partial charge in [0.2, 0.25) is 0 Å². The molecule has 8 aromatic carbocycles. The predicted molar refractivity (Wildman–Crippen MR) is 462 cm³/mol. The fourth-order valence-electron chi connectivity index (χ4n) is 15.5. The monoisotopic (exact) mass is 1920 g/mol. The molecule has 0 unspecified atom stereocenters. The molecule has 10 heterocycles. The Morgan fingerprint density at radius 2 is 0.612 bits per heavy atom. The Labute approximate surface area is 738 Å². The fourth-order valence-corrected chi connectivity index (χ4v) is 25.2. The van der Waals surface area contributed by atoms with E-state index in [4.69, 9.17) is 20.0 Å². The van der Waals surface area contributed by atoms with E-state index in [1.807, 2.05) is 0 Å². The van der Waals surface area contributed by atoms with Crippen molar-refractivity contribution < 1.29 is 114 Å². The summed E-state index contributed by atoms with van der Waals surface area (Å²) in [6.45, 7) is 2.28. The maximum atomic E-state index is 15.3. The van der Waals surface area contributed by atoms with Gasteiger partial charge in [-0.25, -0.2) is 74.8 Å². The van der Waals surface area contributed by atoms with E-state index in [1.54, 1.807) is 123 Å². The molecule has 0 saturated carbocycles. The Bertz CT molecular complexity index is 8230. The van der Waals surface area contributed by atoms with Crippen LogP contribution in [0.4, 0.5) is 56.1 Å². The van der Waals surface area contributed by atoms with Crippen molar-refractivity contribution in [2.75, 3.05) is 21.7 Å². The van der Waals surface area contributed by atoms with E-state index in [1.165, 1.54) is 36.4 Å². The van der Waals surface area contributed by atoms with Crippen molar-refractivity contribution in [1.29, 1.82) is 0 Å². The average molecular weight is 1920 g/mol. The zero-order valence-electron chi connectivity index (χ0n) is 65.7. The van der Waals surface area contributed by atoms with Gasteiger partial charge in [-0.3, -0.25) is 13.7 Å². The first-order valence-electron chi connectivity index (χ1n) is 37.6. The van der Waals surface area contributed by atoms with Gasteiger partial charge in [-0.05, 0) is 25.0 Å². The molecule has 14 aromatic rings. The predicted octanol–water partition coefficient (Wildman–Crippen LogP) is 8.28. The molecule has 129 heavy (non-hydrogen) atoms. The number of aromatic amines is 6. The number of amidine groups is 4. The standard InChI is InChI=1S/2C38H31N9O13S4.Al/c2*1-2-3-10-17-46(38(48)49)64(59,60)47-36-24-16-9-8-15-23(24)34(44-36)42-32-20-12-5-4-11-19(20)30(40-32)39-31-21-13-6-7-14-22(21)33(41-31)43-35-27-25(37(47)45-35)18-26(61(50,51)52)28(62(53,54)55)29(27)63(56,57)58;/h2*4-9,11-16,18,44-45H,2-3,10,17H2,1H3,(H,48,49)(H,50,51,52)(H,53,54,55)(H,56,57,58)(H,39,40,41,42,43);/q;;+3/p-3. The summed E-state index contributed by atoms with van der Waals surface area (Å²) in [7, 11) is -48.1. The normalized spacial score (nSPS) is 14.7. The third-order valence-electron chi connectivity index (χ3n) is 20.9. The zero-order chi connectivity index (χ0) is 91.3. The van der Waals surface area contributed by atoms with Crippen LogP contribution in [0.1, 0.15) is 74.6 Å². The van der Waals surface area contributed by atoms with E-state index < -0.39 is 192 Å². The van der Waals surface area contributed by atoms with Gasteiger partial charge in [0.15, 0.2) is 23.3 Å². The van der Waals surface area contributed by atoms with Crippen LogP contribution >= 0.6 is 0 Å². The Hall–Kier alpha value is -13.1. The molecule has 0 radical (unpaired) electrons. The van der Waals surface area contributed by atoms with Gasteiger partial charge in [0.25, 0.3) is 30.4 Å². The molecule has 6 aromatic heterocycles. The summed E-state index contributed by atoms with van der Waals surface area (Å²) < 4.78 is 289. The number of H-pyrrole nitrogens is 6. The molecule has 660 valence electrons. The zero-order valence-corrected chi connectivity index (χ0v) is 73.4. The number of fused-ring (bicyclic) bond motifs is 38. The fraction of sp³-hybridized carbons (Fsp3) is 0.132. The number of carbonyl (C=O) groups is 2.